The number of nitrogens with zero attached hydrogens (tertiary/aromatic N) is 3. The van der Waals surface area contributed by atoms with Crippen molar-refractivity contribution in [1.82, 2.24) is 9.80 Å². The first-order valence-corrected chi connectivity index (χ1v) is 21.7. The summed E-state index contributed by atoms with van der Waals surface area (Å²) >= 11 is 0. The van der Waals surface area contributed by atoms with Gasteiger partial charge in [-0.3, -0.25) is 4.79 Å². The SMILES string of the molecule is CCC1OC(=O)C(C)C(OC2CC(C)(OC)C(O)C(C)O2)C(C)C(OC2OC(C)CC(N(C)C)C2O)C(C)(O)CC(C)C(=NOC)C(C)C(OCOCCN(C)C)C1(C)O. The molecule has 18 atom stereocenters. The van der Waals surface area contributed by atoms with Crippen LogP contribution in [0.5, 0.6) is 0 Å². The average molecular weight is 864 g/mol. The van der Waals surface area contributed by atoms with E-state index in [2.05, 4.69) is 5.16 Å². The van der Waals surface area contributed by atoms with Crippen LogP contribution >= 0.6 is 0 Å². The largest absolute Gasteiger partial charge is 0.459 e. The molecule has 0 aromatic heterocycles. The Morgan fingerprint density at radius 2 is 1.55 bits per heavy atom. The van der Waals surface area contributed by atoms with E-state index in [9.17, 15) is 25.2 Å². The maximum absolute atomic E-state index is 14.6. The van der Waals surface area contributed by atoms with E-state index in [-0.39, 0.29) is 38.2 Å². The van der Waals surface area contributed by atoms with Crippen molar-refractivity contribution in [3.63, 3.8) is 0 Å². The van der Waals surface area contributed by atoms with Crippen molar-refractivity contribution >= 4 is 11.7 Å². The van der Waals surface area contributed by atoms with Crippen LogP contribution in [0.2, 0.25) is 0 Å². The van der Waals surface area contributed by atoms with Crippen LogP contribution in [0.25, 0.3) is 0 Å². The van der Waals surface area contributed by atoms with Crippen LogP contribution in [0.1, 0.15) is 94.9 Å². The molecule has 0 bridgehead atoms. The molecule has 3 aliphatic rings. The summed E-state index contributed by atoms with van der Waals surface area (Å²) in [5.41, 5.74) is -4.07. The second kappa shape index (κ2) is 22.4. The third-order valence-corrected chi connectivity index (χ3v) is 13.0. The molecule has 3 fully saturated rings. The molecule has 0 aliphatic carbocycles. The molecule has 0 aromatic rings. The minimum absolute atomic E-state index is 0.0475. The van der Waals surface area contributed by atoms with Crippen LogP contribution in [-0.2, 0) is 47.5 Å². The van der Waals surface area contributed by atoms with Gasteiger partial charge in [0, 0.05) is 43.9 Å². The van der Waals surface area contributed by atoms with Gasteiger partial charge in [-0.15, -0.1) is 0 Å². The fraction of sp³-hybridized carbons (Fsp3) is 0.953. The van der Waals surface area contributed by atoms with Crippen LogP contribution in [0.4, 0.5) is 0 Å². The monoisotopic (exact) mass is 864 g/mol. The van der Waals surface area contributed by atoms with Crippen molar-refractivity contribution in [3.8, 4) is 0 Å². The van der Waals surface area contributed by atoms with Gasteiger partial charge in [-0.2, -0.15) is 0 Å². The number of carbonyl (C=O) groups excluding carboxylic acids is 1. The maximum atomic E-state index is 14.6. The van der Waals surface area contributed by atoms with Gasteiger partial charge >= 0.3 is 5.97 Å². The van der Waals surface area contributed by atoms with E-state index in [0.717, 1.165) is 0 Å². The molecule has 3 rings (SSSR count). The molecule has 0 aromatic carbocycles. The average Bonchev–Trinajstić information content (AvgIpc) is 3.16. The second-order valence-corrected chi connectivity index (χ2v) is 18.7. The van der Waals surface area contributed by atoms with Gasteiger partial charge in [-0.1, -0.05) is 32.9 Å². The number of aliphatic hydroxyl groups is 4. The Balaban J connectivity index is 2.24. The van der Waals surface area contributed by atoms with E-state index in [1.807, 2.05) is 72.6 Å². The molecule has 4 N–H and O–H groups in total. The first-order valence-electron chi connectivity index (χ1n) is 21.7. The van der Waals surface area contributed by atoms with E-state index in [4.69, 9.17) is 42.7 Å². The Morgan fingerprint density at radius 3 is 2.12 bits per heavy atom. The summed E-state index contributed by atoms with van der Waals surface area (Å²) in [4.78, 5) is 23.9. The van der Waals surface area contributed by atoms with Crippen LogP contribution in [0, 0.1) is 23.7 Å². The molecule has 3 aliphatic heterocycles. The molecule has 3 saturated heterocycles. The lowest BCUT2D eigenvalue weighted by Gasteiger charge is -2.49. The number of hydrogen-bond acceptors (Lipinski definition) is 17. The third-order valence-electron chi connectivity index (χ3n) is 13.0. The van der Waals surface area contributed by atoms with Gasteiger partial charge in [0.25, 0.3) is 0 Å². The minimum atomic E-state index is -1.78. The van der Waals surface area contributed by atoms with Crippen molar-refractivity contribution in [1.29, 1.82) is 0 Å². The normalized spacial score (nSPS) is 44.8. The number of likely N-dealkylation sites (N-methyl/N-ethyl adjacent to an activating group) is 2. The number of hydrogen-bond donors (Lipinski definition) is 4. The van der Waals surface area contributed by atoms with Gasteiger partial charge in [-0.05, 0) is 89.0 Å². The van der Waals surface area contributed by atoms with Gasteiger partial charge in [0.1, 0.15) is 43.9 Å². The van der Waals surface area contributed by atoms with Crippen LogP contribution in [-0.4, -0.2) is 189 Å². The number of ether oxygens (including phenoxy) is 8. The molecule has 60 heavy (non-hydrogen) atoms. The molecular formula is C43H81N3O14. The Bertz CT molecular complexity index is 1350. The number of esters is 1. The quantitative estimate of drug-likeness (QED) is 0.0860. The van der Waals surface area contributed by atoms with Crippen LogP contribution in [0.3, 0.4) is 0 Å². The fourth-order valence-corrected chi connectivity index (χ4v) is 9.43. The highest BCUT2D eigenvalue weighted by molar-refractivity contribution is 5.88. The van der Waals surface area contributed by atoms with Crippen molar-refractivity contribution in [2.45, 2.75) is 179 Å². The second-order valence-electron chi connectivity index (χ2n) is 18.7. The molecule has 352 valence electrons. The number of carbonyl (C=O) groups is 1. The Morgan fingerprint density at radius 1 is 0.900 bits per heavy atom. The number of aliphatic hydroxyl groups excluding tert-OH is 2. The number of oxime groups is 1. The van der Waals surface area contributed by atoms with Crippen molar-refractivity contribution in [2.24, 2.45) is 28.8 Å². The summed E-state index contributed by atoms with van der Waals surface area (Å²) in [5.74, 6) is -3.68. The molecule has 0 saturated carbocycles. The minimum Gasteiger partial charge on any atom is -0.459 e. The Kier molecular flexibility index (Phi) is 19.7. The molecular weight excluding hydrogens is 782 g/mol. The summed E-state index contributed by atoms with van der Waals surface area (Å²) in [5, 5.41) is 52.5. The highest BCUT2D eigenvalue weighted by atomic mass is 16.7. The Hall–Kier alpha value is -1.58. The smallest absolute Gasteiger partial charge is 0.311 e. The first-order chi connectivity index (χ1) is 27.9. The van der Waals surface area contributed by atoms with E-state index in [0.29, 0.717) is 25.3 Å². The van der Waals surface area contributed by atoms with E-state index in [1.54, 1.807) is 34.6 Å². The highest BCUT2D eigenvalue weighted by Crippen LogP contribution is 2.41. The lowest BCUT2D eigenvalue weighted by molar-refractivity contribution is -0.318. The standard InChI is InChI=1S/C43H81N3O14/c1-17-31-43(10,51)38(55-23-54-19-18-45(11)12)26(4)33(44-53-16)24(2)21-41(8,50)37(60-40-34(47)30(46(13)14)20-25(3)56-40)27(5)35(28(6)39(49)58-31)59-32-22-42(9,52-15)36(48)29(7)57-32/h24-32,34-38,40,47-48,50-51H,17-23H2,1-16H3. The predicted molar refractivity (Wildman–Crippen MR) is 224 cm³/mol. The molecule has 0 spiro atoms. The zero-order valence-corrected chi connectivity index (χ0v) is 39.3. The van der Waals surface area contributed by atoms with E-state index < -0.39 is 102 Å². The van der Waals surface area contributed by atoms with Crippen LogP contribution in [0.15, 0.2) is 5.16 Å². The molecule has 17 heteroatoms. The molecule has 0 radical (unpaired) electrons. The van der Waals surface area contributed by atoms with Gasteiger partial charge in [-0.25, -0.2) is 0 Å². The van der Waals surface area contributed by atoms with Crippen molar-refractivity contribution in [2.75, 3.05) is 62.4 Å². The topological polar surface area (TPSA) is 200 Å². The maximum Gasteiger partial charge on any atom is 0.311 e. The fourth-order valence-electron chi connectivity index (χ4n) is 9.43. The lowest BCUT2D eigenvalue weighted by atomic mass is 9.73. The van der Waals surface area contributed by atoms with E-state index >= 15 is 0 Å². The number of cyclic esters (lactones) is 1. The molecule has 0 amide bonds. The van der Waals surface area contributed by atoms with Gasteiger partial charge in [0.05, 0.1) is 53.9 Å². The summed E-state index contributed by atoms with van der Waals surface area (Å²) in [6.07, 6.45) is -8.52. The first kappa shape index (κ1) is 52.8. The highest BCUT2D eigenvalue weighted by Gasteiger charge is 2.54. The molecule has 18 unspecified atom stereocenters. The summed E-state index contributed by atoms with van der Waals surface area (Å²) in [6, 6.07) is -0.309. The number of rotatable bonds is 14. The zero-order chi connectivity index (χ0) is 45.5. The predicted octanol–water partition coefficient (Wildman–Crippen LogP) is 2.78. The van der Waals surface area contributed by atoms with Crippen molar-refractivity contribution < 1.29 is 68.0 Å². The summed E-state index contributed by atoms with van der Waals surface area (Å²) < 4.78 is 50.3. The van der Waals surface area contributed by atoms with Crippen LogP contribution < -0.4 is 0 Å². The lowest BCUT2D eigenvalue weighted by Crippen LogP contribution is -2.61. The van der Waals surface area contributed by atoms with E-state index in [1.165, 1.54) is 14.2 Å². The zero-order valence-electron chi connectivity index (χ0n) is 39.3. The Labute approximate surface area is 359 Å². The summed E-state index contributed by atoms with van der Waals surface area (Å²) in [7, 11) is 10.6. The van der Waals surface area contributed by atoms with Gasteiger partial charge in [0.15, 0.2) is 12.6 Å². The third kappa shape index (κ3) is 12.8. The molecule has 3 heterocycles. The summed E-state index contributed by atoms with van der Waals surface area (Å²) in [6.45, 7) is 18.5. The van der Waals surface area contributed by atoms with Crippen molar-refractivity contribution in [3.05, 3.63) is 0 Å². The molecule has 17 nitrogen and oxygen atoms in total. The van der Waals surface area contributed by atoms with Gasteiger partial charge < -0.3 is 73.0 Å². The number of methoxy groups -OCH3 is 1. The van der Waals surface area contributed by atoms with Gasteiger partial charge in [0.2, 0.25) is 0 Å².